The van der Waals surface area contributed by atoms with Crippen LogP contribution in [0.1, 0.15) is 0 Å². The van der Waals surface area contributed by atoms with E-state index in [-0.39, 0.29) is 51.4 Å². The summed E-state index contributed by atoms with van der Waals surface area (Å²) >= 11 is 0. The fourth-order valence-electron chi connectivity index (χ4n) is 0.645. The Morgan fingerprint density at radius 2 is 2.20 bits per heavy atom. The molecule has 0 aromatic heterocycles. The third-order valence-corrected chi connectivity index (χ3v) is 1.21. The molecule has 6 heteroatoms. The number of carboxylic acid groups (broad SMARTS) is 1. The van der Waals surface area contributed by atoms with Gasteiger partial charge in [0.05, 0.1) is 6.54 Å². The second-order valence-electron chi connectivity index (χ2n) is 2.38. The number of rotatable bonds is 7. The zero-order valence-electron chi connectivity index (χ0n) is 8.77. The minimum Gasteiger partial charge on any atom is -0.859 e. The molecule has 15 heavy (non-hydrogen) atoms. The summed E-state index contributed by atoms with van der Waals surface area (Å²) in [6.07, 6.45) is 3.39. The Morgan fingerprint density at radius 1 is 1.53 bits per heavy atom. The van der Waals surface area contributed by atoms with Gasteiger partial charge in [-0.2, -0.15) is 0 Å². The predicted molar refractivity (Wildman–Crippen MR) is 52.1 cm³/mol. The summed E-state index contributed by atoms with van der Waals surface area (Å²) in [7, 11) is 0. The van der Waals surface area contributed by atoms with Gasteiger partial charge in [-0.3, -0.25) is 4.99 Å². The quantitative estimate of drug-likeness (QED) is 0.118. The molecule has 0 aliphatic carbocycles. The third-order valence-electron chi connectivity index (χ3n) is 1.21. The van der Waals surface area contributed by atoms with Crippen LogP contribution >= 0.6 is 0 Å². The summed E-state index contributed by atoms with van der Waals surface area (Å²) in [6, 6.07) is 0. The van der Waals surface area contributed by atoms with Gasteiger partial charge in [0.25, 0.3) is 0 Å². The molecule has 0 rings (SSSR count). The maximum Gasteiger partial charge on any atom is 1.00 e. The minimum absolute atomic E-state index is 0. The number of hydrogen-bond acceptors (Lipinski definition) is 4. The monoisotopic (exact) mass is 236 g/mol. The van der Waals surface area contributed by atoms with Crippen molar-refractivity contribution in [2.75, 3.05) is 19.6 Å². The molecule has 0 aromatic rings. The SMILES string of the molecule is C=CCNCCN=C([O-])/C=C/C(=O)O.[K+]. The summed E-state index contributed by atoms with van der Waals surface area (Å²) in [5, 5.41) is 22.0. The maximum atomic E-state index is 10.8. The molecule has 5 nitrogen and oxygen atoms in total. The van der Waals surface area contributed by atoms with E-state index in [1.165, 1.54) is 0 Å². The number of nitrogens with one attached hydrogen (secondary N) is 1. The number of carboxylic acids is 1. The van der Waals surface area contributed by atoms with Crippen molar-refractivity contribution in [1.29, 1.82) is 0 Å². The standard InChI is InChI=1S/C9H14N2O3.K/c1-2-5-10-6-7-11-8(12)3-4-9(13)14;/h2-4,10H,1,5-7H2,(H,11,12)(H,13,14);/q;+1/p-1/b4-3+;. The molecule has 78 valence electrons. The molecule has 0 unspecified atom stereocenters. The van der Waals surface area contributed by atoms with Crippen molar-refractivity contribution >= 4 is 11.9 Å². The van der Waals surface area contributed by atoms with Crippen LogP contribution in [0.3, 0.4) is 0 Å². The van der Waals surface area contributed by atoms with Crippen LogP contribution in [-0.4, -0.2) is 36.6 Å². The summed E-state index contributed by atoms with van der Waals surface area (Å²) in [4.78, 5) is 13.6. The Labute approximate surface area is 131 Å². The minimum atomic E-state index is -1.15. The van der Waals surface area contributed by atoms with Gasteiger partial charge in [0, 0.05) is 19.2 Å². The number of aliphatic carboxylic acids is 1. The van der Waals surface area contributed by atoms with Gasteiger partial charge in [-0.15, -0.1) is 6.58 Å². The van der Waals surface area contributed by atoms with Crippen molar-refractivity contribution in [1.82, 2.24) is 5.32 Å². The average Bonchev–Trinajstić information content (AvgIpc) is 2.14. The first kappa shape index (κ1) is 17.4. The first-order valence-corrected chi connectivity index (χ1v) is 4.11. The molecule has 0 aliphatic rings. The Balaban J connectivity index is 0. The molecule has 0 radical (unpaired) electrons. The van der Waals surface area contributed by atoms with Crippen LogP contribution in [0.15, 0.2) is 29.8 Å². The van der Waals surface area contributed by atoms with E-state index in [4.69, 9.17) is 5.11 Å². The van der Waals surface area contributed by atoms with Gasteiger partial charge in [-0.25, -0.2) is 4.79 Å². The van der Waals surface area contributed by atoms with Gasteiger partial charge in [-0.05, 0) is 12.0 Å². The van der Waals surface area contributed by atoms with Crippen molar-refractivity contribution in [3.63, 3.8) is 0 Å². The van der Waals surface area contributed by atoms with Crippen molar-refractivity contribution in [2.24, 2.45) is 4.99 Å². The molecule has 0 amide bonds. The Bertz CT molecular complexity index is 252. The molecule has 0 aliphatic heterocycles. The normalized spacial score (nSPS) is 11.1. The summed E-state index contributed by atoms with van der Waals surface area (Å²) in [5.41, 5.74) is 0. The summed E-state index contributed by atoms with van der Waals surface area (Å²) in [5.74, 6) is -1.69. The molecule has 2 N–H and O–H groups in total. The number of carbonyl (C=O) groups is 1. The molecule has 0 fully saturated rings. The maximum absolute atomic E-state index is 10.8. The van der Waals surface area contributed by atoms with Gasteiger partial charge in [0.2, 0.25) is 0 Å². The van der Waals surface area contributed by atoms with Crippen molar-refractivity contribution in [3.05, 3.63) is 24.8 Å². The number of aliphatic imine (C=N–C) groups is 1. The second-order valence-corrected chi connectivity index (χ2v) is 2.38. The fourth-order valence-corrected chi connectivity index (χ4v) is 0.645. The zero-order valence-corrected chi connectivity index (χ0v) is 11.9. The topological polar surface area (TPSA) is 84.8 Å². The van der Waals surface area contributed by atoms with Gasteiger partial charge >= 0.3 is 57.4 Å². The Morgan fingerprint density at radius 3 is 2.73 bits per heavy atom. The number of hydrogen-bond donors (Lipinski definition) is 2. The van der Waals surface area contributed by atoms with Crippen molar-refractivity contribution < 1.29 is 66.4 Å². The molecule has 0 saturated carbocycles. The molecule has 0 spiro atoms. The molecule has 0 aromatic carbocycles. The van der Waals surface area contributed by atoms with E-state index < -0.39 is 11.9 Å². The zero-order chi connectivity index (χ0) is 10.8. The van der Waals surface area contributed by atoms with E-state index in [0.717, 1.165) is 12.2 Å². The Kier molecular flexibility index (Phi) is 14.0. The van der Waals surface area contributed by atoms with Gasteiger partial charge in [-0.1, -0.05) is 6.08 Å². The van der Waals surface area contributed by atoms with E-state index in [0.29, 0.717) is 19.6 Å². The number of nitrogens with zero attached hydrogens (tertiary/aromatic N) is 1. The van der Waals surface area contributed by atoms with E-state index in [1.54, 1.807) is 6.08 Å². The third kappa shape index (κ3) is 14.0. The average molecular weight is 236 g/mol. The second kappa shape index (κ2) is 12.1. The van der Waals surface area contributed by atoms with Gasteiger partial charge in [0.15, 0.2) is 0 Å². The van der Waals surface area contributed by atoms with Crippen LogP contribution < -0.4 is 61.8 Å². The Hall–Kier alpha value is 0.0164. The van der Waals surface area contributed by atoms with Crippen LogP contribution in [0.4, 0.5) is 0 Å². The van der Waals surface area contributed by atoms with Crippen LogP contribution in [0, 0.1) is 0 Å². The van der Waals surface area contributed by atoms with Crippen molar-refractivity contribution in [2.45, 2.75) is 0 Å². The predicted octanol–water partition coefficient (Wildman–Crippen LogP) is -3.83. The van der Waals surface area contributed by atoms with Crippen LogP contribution in [0.5, 0.6) is 0 Å². The van der Waals surface area contributed by atoms with Crippen molar-refractivity contribution in [3.8, 4) is 0 Å². The molecular formula is C9H13KN2O3. The molecule has 0 saturated heterocycles. The van der Waals surface area contributed by atoms with E-state index in [2.05, 4.69) is 16.9 Å². The molecule has 0 heterocycles. The molecule has 0 bridgehead atoms. The first-order chi connectivity index (χ1) is 6.66. The smallest absolute Gasteiger partial charge is 0.859 e. The fraction of sp³-hybridized carbons (Fsp3) is 0.333. The largest absolute Gasteiger partial charge is 1.00 e. The van der Waals surface area contributed by atoms with Gasteiger partial charge in [0.1, 0.15) is 0 Å². The summed E-state index contributed by atoms with van der Waals surface area (Å²) in [6.45, 7) is 5.07. The van der Waals surface area contributed by atoms with E-state index in [1.807, 2.05) is 0 Å². The summed E-state index contributed by atoms with van der Waals surface area (Å²) < 4.78 is 0. The molecular weight excluding hydrogens is 223 g/mol. The van der Waals surface area contributed by atoms with Gasteiger partial charge < -0.3 is 15.5 Å². The van der Waals surface area contributed by atoms with E-state index in [9.17, 15) is 9.90 Å². The van der Waals surface area contributed by atoms with Crippen LogP contribution in [0.25, 0.3) is 0 Å². The van der Waals surface area contributed by atoms with Crippen LogP contribution in [0.2, 0.25) is 0 Å². The van der Waals surface area contributed by atoms with Crippen LogP contribution in [-0.2, 0) is 4.79 Å². The van der Waals surface area contributed by atoms with E-state index >= 15 is 0 Å². The molecule has 0 atom stereocenters. The first-order valence-electron chi connectivity index (χ1n) is 4.11.